The van der Waals surface area contributed by atoms with Gasteiger partial charge in [-0.1, -0.05) is 71.6 Å². The maximum atomic E-state index is 12.0. The molecule has 0 aliphatic heterocycles. The number of hydrogen-bond acceptors (Lipinski definition) is 3. The average molecular weight is 355 g/mol. The van der Waals surface area contributed by atoms with E-state index in [0.29, 0.717) is 19.4 Å². The number of rotatable bonds is 13. The molecule has 4 nitrogen and oxygen atoms in total. The highest BCUT2D eigenvalue weighted by atomic mass is 16.5. The van der Waals surface area contributed by atoms with Crippen LogP contribution < -0.4 is 0 Å². The van der Waals surface area contributed by atoms with Crippen molar-refractivity contribution in [3.63, 3.8) is 0 Å². The van der Waals surface area contributed by atoms with Crippen molar-refractivity contribution >= 4 is 11.9 Å². The molecule has 0 bridgehead atoms. The van der Waals surface area contributed by atoms with Gasteiger partial charge in [0.2, 0.25) is 0 Å². The Kier molecular flexibility index (Phi) is 11.6. The molecule has 2 atom stereocenters. The first-order valence-corrected chi connectivity index (χ1v) is 10.4. The number of hydrogen-bond donors (Lipinski definition) is 1. The molecule has 4 heteroatoms. The SMILES string of the molecule is CC(C)CCCCCCCCCCOC(=O)C1CCCC(C(=O)O)C1. The highest BCUT2D eigenvalue weighted by molar-refractivity contribution is 5.75. The minimum atomic E-state index is -0.776. The van der Waals surface area contributed by atoms with Gasteiger partial charge in [-0.25, -0.2) is 0 Å². The first-order chi connectivity index (χ1) is 12.0. The predicted molar refractivity (Wildman–Crippen MR) is 100 cm³/mol. The third kappa shape index (κ3) is 10.5. The Morgan fingerprint density at radius 2 is 1.48 bits per heavy atom. The minimum absolute atomic E-state index is 0.184. The van der Waals surface area contributed by atoms with Crippen LogP contribution in [0.5, 0.6) is 0 Å². The molecule has 0 spiro atoms. The Morgan fingerprint density at radius 3 is 2.08 bits per heavy atom. The number of carbonyl (C=O) groups excluding carboxylic acids is 1. The minimum Gasteiger partial charge on any atom is -0.481 e. The molecular formula is C21H38O4. The summed E-state index contributed by atoms with van der Waals surface area (Å²) in [6, 6.07) is 0. The smallest absolute Gasteiger partial charge is 0.308 e. The number of carboxylic acids is 1. The molecule has 1 aliphatic rings. The van der Waals surface area contributed by atoms with Gasteiger partial charge >= 0.3 is 11.9 Å². The summed E-state index contributed by atoms with van der Waals surface area (Å²) >= 11 is 0. The molecule has 1 saturated carbocycles. The van der Waals surface area contributed by atoms with Gasteiger partial charge in [-0.15, -0.1) is 0 Å². The van der Waals surface area contributed by atoms with Crippen molar-refractivity contribution in [1.82, 2.24) is 0 Å². The molecule has 1 aliphatic carbocycles. The highest BCUT2D eigenvalue weighted by Crippen LogP contribution is 2.30. The Morgan fingerprint density at radius 1 is 0.920 bits per heavy atom. The third-order valence-corrected chi connectivity index (χ3v) is 5.28. The van der Waals surface area contributed by atoms with Crippen LogP contribution in [0.15, 0.2) is 0 Å². The van der Waals surface area contributed by atoms with Gasteiger partial charge < -0.3 is 9.84 Å². The van der Waals surface area contributed by atoms with E-state index in [-0.39, 0.29) is 17.8 Å². The summed E-state index contributed by atoms with van der Waals surface area (Å²) in [7, 11) is 0. The van der Waals surface area contributed by atoms with Crippen molar-refractivity contribution in [3.8, 4) is 0 Å². The van der Waals surface area contributed by atoms with Crippen LogP contribution >= 0.6 is 0 Å². The number of ether oxygens (including phenoxy) is 1. The standard InChI is InChI=1S/C21H38O4/c1-17(2)12-9-7-5-3-4-6-8-10-15-25-21(24)19-14-11-13-18(16-19)20(22)23/h17-19H,3-16H2,1-2H3,(H,22,23). The number of unbranched alkanes of at least 4 members (excludes halogenated alkanes) is 7. The molecule has 0 saturated heterocycles. The van der Waals surface area contributed by atoms with E-state index in [4.69, 9.17) is 9.84 Å². The van der Waals surface area contributed by atoms with Crippen LogP contribution in [0.4, 0.5) is 0 Å². The molecule has 1 rings (SSSR count). The summed E-state index contributed by atoms with van der Waals surface area (Å²) in [4.78, 5) is 23.1. The van der Waals surface area contributed by atoms with Crippen molar-refractivity contribution in [2.45, 2.75) is 97.3 Å². The average Bonchev–Trinajstić information content (AvgIpc) is 2.59. The van der Waals surface area contributed by atoms with E-state index in [2.05, 4.69) is 13.8 Å². The normalized spacial score (nSPS) is 20.6. The fourth-order valence-corrected chi connectivity index (χ4v) is 3.63. The van der Waals surface area contributed by atoms with Crippen LogP contribution in [0, 0.1) is 17.8 Å². The van der Waals surface area contributed by atoms with E-state index < -0.39 is 5.97 Å². The Balaban J connectivity index is 1.94. The lowest BCUT2D eigenvalue weighted by molar-refractivity contribution is -0.152. The first kappa shape index (κ1) is 22.0. The fraction of sp³-hybridized carbons (Fsp3) is 0.905. The number of aliphatic carboxylic acids is 1. The van der Waals surface area contributed by atoms with Crippen molar-refractivity contribution in [2.24, 2.45) is 17.8 Å². The second-order valence-electron chi connectivity index (χ2n) is 8.08. The summed E-state index contributed by atoms with van der Waals surface area (Å²) in [5.74, 6) is -0.711. The largest absolute Gasteiger partial charge is 0.481 e. The summed E-state index contributed by atoms with van der Waals surface area (Å²) in [5.41, 5.74) is 0. The van der Waals surface area contributed by atoms with Gasteiger partial charge in [0.1, 0.15) is 0 Å². The van der Waals surface area contributed by atoms with E-state index in [0.717, 1.165) is 31.6 Å². The zero-order chi connectivity index (χ0) is 18.5. The summed E-state index contributed by atoms with van der Waals surface area (Å²) in [5, 5.41) is 9.07. The van der Waals surface area contributed by atoms with E-state index in [1.165, 1.54) is 44.9 Å². The maximum Gasteiger partial charge on any atom is 0.308 e. The van der Waals surface area contributed by atoms with E-state index >= 15 is 0 Å². The van der Waals surface area contributed by atoms with E-state index in [9.17, 15) is 9.59 Å². The molecule has 0 aromatic carbocycles. The van der Waals surface area contributed by atoms with E-state index in [1.54, 1.807) is 0 Å². The van der Waals surface area contributed by atoms with Gasteiger partial charge in [-0.05, 0) is 31.6 Å². The summed E-state index contributed by atoms with van der Waals surface area (Å²) in [6.45, 7) is 5.05. The number of esters is 1. The monoisotopic (exact) mass is 354 g/mol. The van der Waals surface area contributed by atoms with Gasteiger partial charge in [0, 0.05) is 0 Å². The molecule has 1 fully saturated rings. The van der Waals surface area contributed by atoms with Crippen molar-refractivity contribution in [2.75, 3.05) is 6.61 Å². The van der Waals surface area contributed by atoms with Crippen molar-refractivity contribution < 1.29 is 19.4 Å². The Bertz CT molecular complexity index is 378. The van der Waals surface area contributed by atoms with Gasteiger partial charge in [0.25, 0.3) is 0 Å². The third-order valence-electron chi connectivity index (χ3n) is 5.28. The summed E-state index contributed by atoms with van der Waals surface area (Å²) in [6.07, 6.45) is 14.0. The van der Waals surface area contributed by atoms with Crippen molar-refractivity contribution in [1.29, 1.82) is 0 Å². The lowest BCUT2D eigenvalue weighted by atomic mass is 9.81. The zero-order valence-corrected chi connectivity index (χ0v) is 16.3. The van der Waals surface area contributed by atoms with Crippen LogP contribution in [0.3, 0.4) is 0 Å². The second-order valence-corrected chi connectivity index (χ2v) is 8.08. The Hall–Kier alpha value is -1.06. The van der Waals surface area contributed by atoms with Gasteiger partial charge in [-0.2, -0.15) is 0 Å². The van der Waals surface area contributed by atoms with Crippen LogP contribution in [0.2, 0.25) is 0 Å². The molecule has 0 amide bonds. The Labute approximate surface area is 153 Å². The lowest BCUT2D eigenvalue weighted by Gasteiger charge is -2.25. The zero-order valence-electron chi connectivity index (χ0n) is 16.3. The molecular weight excluding hydrogens is 316 g/mol. The molecule has 0 heterocycles. The van der Waals surface area contributed by atoms with Gasteiger partial charge in [0.05, 0.1) is 18.4 Å². The van der Waals surface area contributed by atoms with Gasteiger partial charge in [-0.3, -0.25) is 9.59 Å². The highest BCUT2D eigenvalue weighted by Gasteiger charge is 2.31. The lowest BCUT2D eigenvalue weighted by Crippen LogP contribution is -2.28. The quantitative estimate of drug-likeness (QED) is 0.346. The maximum absolute atomic E-state index is 12.0. The predicted octanol–water partition coefficient (Wildman–Crippen LogP) is 5.59. The van der Waals surface area contributed by atoms with Crippen LogP contribution in [0.1, 0.15) is 97.3 Å². The molecule has 146 valence electrons. The topological polar surface area (TPSA) is 63.6 Å². The van der Waals surface area contributed by atoms with Crippen LogP contribution in [-0.2, 0) is 14.3 Å². The molecule has 0 radical (unpaired) electrons. The number of carbonyl (C=O) groups is 2. The molecule has 2 unspecified atom stereocenters. The van der Waals surface area contributed by atoms with Crippen molar-refractivity contribution in [3.05, 3.63) is 0 Å². The van der Waals surface area contributed by atoms with Gasteiger partial charge in [0.15, 0.2) is 0 Å². The van der Waals surface area contributed by atoms with E-state index in [1.807, 2.05) is 0 Å². The molecule has 25 heavy (non-hydrogen) atoms. The second kappa shape index (κ2) is 13.2. The number of carboxylic acid groups (broad SMARTS) is 1. The molecule has 1 N–H and O–H groups in total. The van der Waals surface area contributed by atoms with Crippen LogP contribution in [-0.4, -0.2) is 23.7 Å². The summed E-state index contributed by atoms with van der Waals surface area (Å²) < 4.78 is 5.36. The fourth-order valence-electron chi connectivity index (χ4n) is 3.63. The molecule has 0 aromatic heterocycles. The first-order valence-electron chi connectivity index (χ1n) is 10.4. The molecule has 0 aromatic rings. The van der Waals surface area contributed by atoms with Crippen LogP contribution in [0.25, 0.3) is 0 Å².